The summed E-state index contributed by atoms with van der Waals surface area (Å²) in [7, 11) is 0. The van der Waals surface area contributed by atoms with Crippen LogP contribution in [-0.4, -0.2) is 16.3 Å². The highest BCUT2D eigenvalue weighted by atomic mass is 15.3. The molecular weight excluding hydrogens is 258 g/mol. The van der Waals surface area contributed by atoms with Crippen molar-refractivity contribution >= 4 is 10.8 Å². The van der Waals surface area contributed by atoms with Gasteiger partial charge in [0.1, 0.15) is 0 Å². The summed E-state index contributed by atoms with van der Waals surface area (Å²) in [4.78, 5) is 0. The van der Waals surface area contributed by atoms with Crippen LogP contribution in [0, 0.1) is 6.92 Å². The summed E-state index contributed by atoms with van der Waals surface area (Å²) in [5, 5.41) is 10.5. The van der Waals surface area contributed by atoms with Crippen LogP contribution in [0.25, 0.3) is 10.8 Å². The lowest BCUT2D eigenvalue weighted by Gasteiger charge is -2.15. The molecule has 3 nitrogen and oxygen atoms in total. The lowest BCUT2D eigenvalue weighted by atomic mass is 10.0. The first-order valence-corrected chi connectivity index (χ1v) is 7.43. The van der Waals surface area contributed by atoms with Crippen molar-refractivity contribution in [3.05, 3.63) is 66.0 Å². The average Bonchev–Trinajstić information content (AvgIpc) is 2.92. The molecule has 0 aliphatic carbocycles. The summed E-state index contributed by atoms with van der Waals surface area (Å²) in [6.45, 7) is 6.08. The molecule has 0 spiro atoms. The summed E-state index contributed by atoms with van der Waals surface area (Å²) in [5.74, 6) is 0. The van der Waals surface area contributed by atoms with Gasteiger partial charge in [0.25, 0.3) is 0 Å². The largest absolute Gasteiger partial charge is 0.308 e. The fourth-order valence-corrected chi connectivity index (χ4v) is 2.58. The molecule has 3 aromatic rings. The maximum absolute atomic E-state index is 4.30. The van der Waals surface area contributed by atoms with Crippen molar-refractivity contribution in [2.24, 2.45) is 0 Å². The first kappa shape index (κ1) is 13.8. The van der Waals surface area contributed by atoms with Crippen molar-refractivity contribution in [2.75, 3.05) is 6.54 Å². The summed E-state index contributed by atoms with van der Waals surface area (Å²) >= 11 is 0. The molecule has 21 heavy (non-hydrogen) atoms. The van der Waals surface area contributed by atoms with E-state index in [1.54, 1.807) is 0 Å². The van der Waals surface area contributed by atoms with E-state index in [-0.39, 0.29) is 0 Å². The van der Waals surface area contributed by atoms with Crippen molar-refractivity contribution in [3.8, 4) is 0 Å². The Morgan fingerprint density at radius 2 is 1.95 bits per heavy atom. The van der Waals surface area contributed by atoms with E-state index < -0.39 is 0 Å². The van der Waals surface area contributed by atoms with Gasteiger partial charge in [-0.15, -0.1) is 0 Å². The SMILES string of the molecule is Cc1cnn(CCN[C@H](C)c2ccc3ccccc3c2)c1. The van der Waals surface area contributed by atoms with Gasteiger partial charge in [-0.1, -0.05) is 36.4 Å². The van der Waals surface area contributed by atoms with Crippen molar-refractivity contribution < 1.29 is 0 Å². The van der Waals surface area contributed by atoms with Crippen LogP contribution in [0.2, 0.25) is 0 Å². The van der Waals surface area contributed by atoms with Gasteiger partial charge in [0.2, 0.25) is 0 Å². The van der Waals surface area contributed by atoms with Crippen LogP contribution >= 0.6 is 0 Å². The van der Waals surface area contributed by atoms with E-state index in [2.05, 4.69) is 72.9 Å². The molecule has 0 saturated heterocycles. The van der Waals surface area contributed by atoms with Crippen molar-refractivity contribution in [1.29, 1.82) is 0 Å². The minimum Gasteiger partial charge on any atom is -0.308 e. The van der Waals surface area contributed by atoms with Gasteiger partial charge in [-0.3, -0.25) is 4.68 Å². The summed E-state index contributed by atoms with van der Waals surface area (Å²) in [6.07, 6.45) is 3.97. The molecule has 0 amide bonds. The first-order chi connectivity index (χ1) is 10.2. The number of aromatic nitrogens is 2. The lowest BCUT2D eigenvalue weighted by molar-refractivity contribution is 0.507. The van der Waals surface area contributed by atoms with E-state index in [0.29, 0.717) is 6.04 Å². The zero-order valence-corrected chi connectivity index (χ0v) is 12.6. The van der Waals surface area contributed by atoms with Crippen molar-refractivity contribution in [2.45, 2.75) is 26.4 Å². The number of benzene rings is 2. The topological polar surface area (TPSA) is 29.9 Å². The summed E-state index contributed by atoms with van der Waals surface area (Å²) in [5.41, 5.74) is 2.53. The molecule has 2 aromatic carbocycles. The highest BCUT2D eigenvalue weighted by Crippen LogP contribution is 2.20. The standard InChI is InChI=1S/C18H21N3/c1-14-12-20-21(13-14)10-9-19-15(2)17-8-7-16-5-3-4-6-18(16)11-17/h3-8,11-13,15,19H,9-10H2,1-2H3/t15-/m1/s1. The predicted octanol–water partition coefficient (Wildman–Crippen LogP) is 3.70. The van der Waals surface area contributed by atoms with Crippen molar-refractivity contribution in [3.63, 3.8) is 0 Å². The molecule has 0 unspecified atom stereocenters. The molecule has 1 atom stereocenters. The normalized spacial score (nSPS) is 12.7. The molecule has 3 heteroatoms. The Hall–Kier alpha value is -2.13. The van der Waals surface area contributed by atoms with Crippen LogP contribution in [-0.2, 0) is 6.54 Å². The first-order valence-electron chi connectivity index (χ1n) is 7.43. The maximum Gasteiger partial charge on any atom is 0.0534 e. The molecule has 1 N–H and O–H groups in total. The third-order valence-corrected chi connectivity index (χ3v) is 3.83. The Bertz CT molecular complexity index is 730. The fraction of sp³-hybridized carbons (Fsp3) is 0.278. The van der Waals surface area contributed by atoms with Crippen molar-refractivity contribution in [1.82, 2.24) is 15.1 Å². The zero-order chi connectivity index (χ0) is 14.7. The number of aryl methyl sites for hydroxylation is 1. The summed E-state index contributed by atoms with van der Waals surface area (Å²) in [6, 6.07) is 15.5. The molecule has 0 saturated carbocycles. The van der Waals surface area contributed by atoms with Crippen LogP contribution < -0.4 is 5.32 Å². The Labute approximate surface area is 125 Å². The Morgan fingerprint density at radius 1 is 1.14 bits per heavy atom. The quantitative estimate of drug-likeness (QED) is 0.772. The van der Waals surface area contributed by atoms with Crippen LogP contribution in [0.5, 0.6) is 0 Å². The number of hydrogen-bond donors (Lipinski definition) is 1. The molecule has 1 aromatic heterocycles. The van der Waals surface area contributed by atoms with Gasteiger partial charge in [0.05, 0.1) is 12.7 Å². The van der Waals surface area contributed by atoms with E-state index in [4.69, 9.17) is 0 Å². The molecule has 1 heterocycles. The molecule has 3 rings (SSSR count). The van der Waals surface area contributed by atoms with Gasteiger partial charge in [-0.05, 0) is 41.8 Å². The van der Waals surface area contributed by atoms with Gasteiger partial charge >= 0.3 is 0 Å². The number of nitrogens with one attached hydrogen (secondary N) is 1. The van der Waals surface area contributed by atoms with Gasteiger partial charge in [0.15, 0.2) is 0 Å². The van der Waals surface area contributed by atoms with Gasteiger partial charge in [-0.25, -0.2) is 0 Å². The third kappa shape index (κ3) is 3.31. The zero-order valence-electron chi connectivity index (χ0n) is 12.6. The van der Waals surface area contributed by atoms with E-state index >= 15 is 0 Å². The lowest BCUT2D eigenvalue weighted by Crippen LogP contribution is -2.23. The minimum atomic E-state index is 0.339. The predicted molar refractivity (Wildman–Crippen MR) is 87.3 cm³/mol. The second-order valence-corrected chi connectivity index (χ2v) is 5.56. The second kappa shape index (κ2) is 6.10. The molecule has 0 aliphatic rings. The Balaban J connectivity index is 1.62. The highest BCUT2D eigenvalue weighted by Gasteiger charge is 2.05. The molecule has 0 fully saturated rings. The van der Waals surface area contributed by atoms with Gasteiger partial charge in [-0.2, -0.15) is 5.10 Å². The number of nitrogens with zero attached hydrogens (tertiary/aromatic N) is 2. The molecule has 0 aliphatic heterocycles. The van der Waals surface area contributed by atoms with E-state index in [0.717, 1.165) is 13.1 Å². The number of hydrogen-bond acceptors (Lipinski definition) is 2. The van der Waals surface area contributed by atoms with E-state index in [1.165, 1.54) is 21.9 Å². The smallest absolute Gasteiger partial charge is 0.0534 e. The second-order valence-electron chi connectivity index (χ2n) is 5.56. The summed E-state index contributed by atoms with van der Waals surface area (Å²) < 4.78 is 1.98. The van der Waals surface area contributed by atoms with E-state index in [1.807, 2.05) is 10.9 Å². The van der Waals surface area contributed by atoms with Crippen LogP contribution in [0.3, 0.4) is 0 Å². The molecule has 0 bridgehead atoms. The molecular formula is C18H21N3. The average molecular weight is 279 g/mol. The highest BCUT2D eigenvalue weighted by molar-refractivity contribution is 5.83. The Morgan fingerprint density at radius 3 is 2.71 bits per heavy atom. The molecule has 108 valence electrons. The maximum atomic E-state index is 4.30. The van der Waals surface area contributed by atoms with Gasteiger partial charge < -0.3 is 5.32 Å². The van der Waals surface area contributed by atoms with Crippen LogP contribution in [0.1, 0.15) is 24.1 Å². The minimum absolute atomic E-state index is 0.339. The van der Waals surface area contributed by atoms with E-state index in [9.17, 15) is 0 Å². The van der Waals surface area contributed by atoms with Crippen LogP contribution in [0.15, 0.2) is 54.9 Å². The third-order valence-electron chi connectivity index (χ3n) is 3.83. The Kier molecular flexibility index (Phi) is 4.02. The molecule has 0 radical (unpaired) electrons. The van der Waals surface area contributed by atoms with Gasteiger partial charge in [0, 0.05) is 18.8 Å². The fourth-order valence-electron chi connectivity index (χ4n) is 2.58. The number of fused-ring (bicyclic) bond motifs is 1. The monoisotopic (exact) mass is 279 g/mol. The van der Waals surface area contributed by atoms with Crippen LogP contribution in [0.4, 0.5) is 0 Å². The number of rotatable bonds is 5.